The molecule has 15 heavy (non-hydrogen) atoms. The predicted molar refractivity (Wildman–Crippen MR) is 57.5 cm³/mol. The summed E-state index contributed by atoms with van der Waals surface area (Å²) >= 11 is 0. The Morgan fingerprint density at radius 2 is 2.20 bits per heavy atom. The lowest BCUT2D eigenvalue weighted by atomic mass is 10.2. The van der Waals surface area contributed by atoms with Crippen LogP contribution in [0.25, 0.3) is 0 Å². The molecule has 0 fully saturated rings. The highest BCUT2D eigenvalue weighted by Gasteiger charge is 2.09. The second-order valence-corrected chi connectivity index (χ2v) is 4.15. The summed E-state index contributed by atoms with van der Waals surface area (Å²) in [5.74, 6) is 0.143. The van der Waals surface area contributed by atoms with Gasteiger partial charge in [-0.05, 0) is 25.3 Å². The number of aromatic nitrogens is 2. The van der Waals surface area contributed by atoms with Gasteiger partial charge in [0.05, 0.1) is 12.8 Å². The van der Waals surface area contributed by atoms with Crippen LogP contribution in [0.4, 0.5) is 0 Å². The lowest BCUT2D eigenvalue weighted by molar-refractivity contribution is -0.145. The van der Waals surface area contributed by atoms with Crippen LogP contribution >= 0.6 is 0 Å². The van der Waals surface area contributed by atoms with Gasteiger partial charge < -0.3 is 4.74 Å². The number of carbonyl (C=O) groups is 1. The number of hydrogen-bond donors (Lipinski definition) is 0. The zero-order valence-corrected chi connectivity index (χ0v) is 9.78. The molecule has 0 unspecified atom stereocenters. The first-order valence-corrected chi connectivity index (χ1v) is 5.15. The van der Waals surface area contributed by atoms with Crippen LogP contribution in [-0.2, 0) is 16.1 Å². The summed E-state index contributed by atoms with van der Waals surface area (Å²) in [5, 5.41) is 4.10. The number of ether oxygens (including phenoxy) is 1. The smallest absolute Gasteiger partial charge is 0.327 e. The molecule has 0 bridgehead atoms. The van der Waals surface area contributed by atoms with Crippen LogP contribution in [0.2, 0.25) is 0 Å². The number of aryl methyl sites for hydroxylation is 1. The van der Waals surface area contributed by atoms with Crippen molar-refractivity contribution in [2.75, 3.05) is 6.61 Å². The molecule has 0 aliphatic rings. The summed E-state index contributed by atoms with van der Waals surface area (Å²) in [6, 6.07) is 0. The molecule has 0 amide bonds. The normalized spacial score (nSPS) is 10.7. The molecule has 0 saturated heterocycles. The highest BCUT2D eigenvalue weighted by atomic mass is 16.5. The Hall–Kier alpha value is -1.32. The molecule has 0 aliphatic heterocycles. The van der Waals surface area contributed by atoms with Crippen LogP contribution in [0.15, 0.2) is 6.20 Å². The van der Waals surface area contributed by atoms with Crippen molar-refractivity contribution in [3.05, 3.63) is 17.5 Å². The Labute approximate surface area is 90.2 Å². The average Bonchev–Trinajstić information content (AvgIpc) is 2.47. The minimum atomic E-state index is -0.227. The molecule has 1 heterocycles. The van der Waals surface area contributed by atoms with Crippen LogP contribution in [-0.4, -0.2) is 22.4 Å². The quantitative estimate of drug-likeness (QED) is 0.710. The number of nitrogens with zero attached hydrogens (tertiary/aromatic N) is 2. The minimum Gasteiger partial charge on any atom is -0.464 e. The largest absolute Gasteiger partial charge is 0.464 e. The summed E-state index contributed by atoms with van der Waals surface area (Å²) in [6.07, 6.45) is 1.76. The van der Waals surface area contributed by atoms with Gasteiger partial charge in [-0.25, -0.2) is 0 Å². The van der Waals surface area contributed by atoms with Crippen LogP contribution in [0.5, 0.6) is 0 Å². The third-order valence-corrected chi connectivity index (χ3v) is 2.21. The van der Waals surface area contributed by atoms with E-state index in [1.807, 2.05) is 27.7 Å². The van der Waals surface area contributed by atoms with Gasteiger partial charge in [0.15, 0.2) is 0 Å². The molecule has 0 aromatic carbocycles. The van der Waals surface area contributed by atoms with Crippen LogP contribution < -0.4 is 0 Å². The van der Waals surface area contributed by atoms with Gasteiger partial charge in [0.25, 0.3) is 0 Å². The zero-order chi connectivity index (χ0) is 11.4. The first-order chi connectivity index (χ1) is 7.00. The van der Waals surface area contributed by atoms with Crippen molar-refractivity contribution in [2.45, 2.75) is 34.2 Å². The molecular weight excluding hydrogens is 192 g/mol. The second-order valence-electron chi connectivity index (χ2n) is 4.15. The van der Waals surface area contributed by atoms with E-state index < -0.39 is 0 Å². The SMILES string of the molecule is Cc1cnn(CC(=O)OCC(C)C)c1C. The zero-order valence-electron chi connectivity index (χ0n) is 9.78. The molecule has 1 rings (SSSR count). The van der Waals surface area contributed by atoms with E-state index in [9.17, 15) is 4.79 Å². The van der Waals surface area contributed by atoms with E-state index in [-0.39, 0.29) is 12.5 Å². The molecule has 0 spiro atoms. The Morgan fingerprint density at radius 1 is 1.53 bits per heavy atom. The van der Waals surface area contributed by atoms with Gasteiger partial charge in [-0.3, -0.25) is 9.48 Å². The first kappa shape index (κ1) is 11.8. The summed E-state index contributed by atoms with van der Waals surface area (Å²) in [5.41, 5.74) is 2.10. The summed E-state index contributed by atoms with van der Waals surface area (Å²) in [6.45, 7) is 8.61. The Morgan fingerprint density at radius 3 is 2.67 bits per heavy atom. The van der Waals surface area contributed by atoms with E-state index in [0.717, 1.165) is 11.3 Å². The van der Waals surface area contributed by atoms with Crippen molar-refractivity contribution < 1.29 is 9.53 Å². The fraction of sp³-hybridized carbons (Fsp3) is 0.636. The molecule has 84 valence electrons. The number of rotatable bonds is 4. The third kappa shape index (κ3) is 3.38. The predicted octanol–water partition coefficient (Wildman–Crippen LogP) is 1.70. The molecule has 4 nitrogen and oxygen atoms in total. The van der Waals surface area contributed by atoms with Crippen molar-refractivity contribution in [3.63, 3.8) is 0 Å². The number of esters is 1. The van der Waals surface area contributed by atoms with Crippen molar-refractivity contribution >= 4 is 5.97 Å². The van der Waals surface area contributed by atoms with Gasteiger partial charge in [0, 0.05) is 5.69 Å². The van der Waals surface area contributed by atoms with E-state index in [0.29, 0.717) is 12.5 Å². The van der Waals surface area contributed by atoms with Crippen molar-refractivity contribution in [2.24, 2.45) is 5.92 Å². The van der Waals surface area contributed by atoms with Crippen molar-refractivity contribution in [1.29, 1.82) is 0 Å². The number of carbonyl (C=O) groups excluding carboxylic acids is 1. The maximum Gasteiger partial charge on any atom is 0.327 e. The molecule has 1 aromatic rings. The van der Waals surface area contributed by atoms with Gasteiger partial charge in [-0.1, -0.05) is 13.8 Å². The molecule has 1 aromatic heterocycles. The Kier molecular flexibility index (Phi) is 3.88. The molecule has 0 saturated carbocycles. The maximum absolute atomic E-state index is 11.4. The van der Waals surface area contributed by atoms with Crippen molar-refractivity contribution in [1.82, 2.24) is 9.78 Å². The molecular formula is C11H18N2O2. The fourth-order valence-corrected chi connectivity index (χ4v) is 1.13. The molecule has 0 N–H and O–H groups in total. The van der Waals surface area contributed by atoms with Crippen molar-refractivity contribution in [3.8, 4) is 0 Å². The van der Waals surface area contributed by atoms with Gasteiger partial charge in [-0.15, -0.1) is 0 Å². The molecule has 0 aliphatic carbocycles. The lowest BCUT2D eigenvalue weighted by Gasteiger charge is -2.08. The van der Waals surface area contributed by atoms with Gasteiger partial charge >= 0.3 is 5.97 Å². The molecule has 4 heteroatoms. The summed E-state index contributed by atoms with van der Waals surface area (Å²) in [4.78, 5) is 11.4. The monoisotopic (exact) mass is 210 g/mol. The summed E-state index contributed by atoms with van der Waals surface area (Å²) in [7, 11) is 0. The standard InChI is InChI=1S/C11H18N2O2/c1-8(2)7-15-11(14)6-13-10(4)9(3)5-12-13/h5,8H,6-7H2,1-4H3. The van der Waals surface area contributed by atoms with E-state index in [4.69, 9.17) is 4.74 Å². The Balaban J connectivity index is 2.48. The topological polar surface area (TPSA) is 44.1 Å². The molecule has 0 atom stereocenters. The van der Waals surface area contributed by atoms with Gasteiger partial charge in [0.2, 0.25) is 0 Å². The van der Waals surface area contributed by atoms with E-state index in [1.165, 1.54) is 0 Å². The van der Waals surface area contributed by atoms with E-state index >= 15 is 0 Å². The average molecular weight is 210 g/mol. The minimum absolute atomic E-state index is 0.201. The maximum atomic E-state index is 11.4. The fourth-order valence-electron chi connectivity index (χ4n) is 1.13. The highest BCUT2D eigenvalue weighted by molar-refractivity contribution is 5.69. The molecule has 0 radical (unpaired) electrons. The van der Waals surface area contributed by atoms with Crippen LogP contribution in [0.1, 0.15) is 25.1 Å². The lowest BCUT2D eigenvalue weighted by Crippen LogP contribution is -2.17. The van der Waals surface area contributed by atoms with E-state index in [2.05, 4.69) is 5.10 Å². The van der Waals surface area contributed by atoms with E-state index in [1.54, 1.807) is 10.9 Å². The summed E-state index contributed by atoms with van der Waals surface area (Å²) < 4.78 is 6.74. The van der Waals surface area contributed by atoms with Crippen LogP contribution in [0, 0.1) is 19.8 Å². The number of hydrogen-bond acceptors (Lipinski definition) is 3. The van der Waals surface area contributed by atoms with Gasteiger partial charge in [0.1, 0.15) is 6.54 Å². The second kappa shape index (κ2) is 4.96. The third-order valence-electron chi connectivity index (χ3n) is 2.21. The Bertz CT molecular complexity index is 342. The first-order valence-electron chi connectivity index (χ1n) is 5.15. The highest BCUT2D eigenvalue weighted by Crippen LogP contribution is 2.05. The van der Waals surface area contributed by atoms with Gasteiger partial charge in [-0.2, -0.15) is 5.10 Å². The van der Waals surface area contributed by atoms with Crippen LogP contribution in [0.3, 0.4) is 0 Å².